The Morgan fingerprint density at radius 1 is 1.55 bits per heavy atom. The summed E-state index contributed by atoms with van der Waals surface area (Å²) in [5.41, 5.74) is 7.96. The van der Waals surface area contributed by atoms with E-state index >= 15 is 0 Å². The second-order valence-corrected chi connectivity index (χ2v) is 6.77. The normalized spacial score (nSPS) is 22.5. The maximum atomic E-state index is 5.93. The number of benzene rings is 1. The third-order valence-corrected chi connectivity index (χ3v) is 4.56. The molecule has 0 spiro atoms. The maximum absolute atomic E-state index is 5.93. The fourth-order valence-corrected chi connectivity index (χ4v) is 3.66. The molecule has 2 atom stereocenters. The molecule has 1 aromatic carbocycles. The van der Waals surface area contributed by atoms with Crippen molar-refractivity contribution < 1.29 is 4.74 Å². The van der Waals surface area contributed by atoms with Gasteiger partial charge in [-0.1, -0.05) is 25.2 Å². The first-order valence-electron chi connectivity index (χ1n) is 7.05. The Balaban J connectivity index is 2.21. The lowest BCUT2D eigenvalue weighted by Crippen LogP contribution is -2.33. The van der Waals surface area contributed by atoms with Crippen molar-refractivity contribution in [3.8, 4) is 0 Å². The van der Waals surface area contributed by atoms with Gasteiger partial charge < -0.3 is 15.8 Å². The highest BCUT2D eigenvalue weighted by Gasteiger charge is 2.21. The Morgan fingerprint density at radius 3 is 3.00 bits per heavy atom. The highest BCUT2D eigenvalue weighted by molar-refractivity contribution is 7.99. The molecule has 0 aromatic heterocycles. The summed E-state index contributed by atoms with van der Waals surface area (Å²) in [7, 11) is 0. The molecule has 2 rings (SSSR count). The SMILES string of the molecule is CCSc1cccc(NC2CCOC(C)C2)c1C(N)=S. The fraction of sp³-hybridized carbons (Fsp3) is 0.533. The van der Waals surface area contributed by atoms with Crippen molar-refractivity contribution in [2.75, 3.05) is 17.7 Å². The number of ether oxygens (including phenoxy) is 1. The Morgan fingerprint density at radius 2 is 2.35 bits per heavy atom. The number of anilines is 1. The molecular weight excluding hydrogens is 288 g/mol. The molecule has 5 heteroatoms. The van der Waals surface area contributed by atoms with Crippen molar-refractivity contribution in [1.82, 2.24) is 0 Å². The van der Waals surface area contributed by atoms with Gasteiger partial charge in [0.25, 0.3) is 0 Å². The molecule has 0 aliphatic carbocycles. The number of nitrogens with two attached hydrogens (primary N) is 1. The molecule has 1 saturated heterocycles. The molecule has 0 amide bonds. The summed E-state index contributed by atoms with van der Waals surface area (Å²) in [6.45, 7) is 5.06. The molecule has 1 fully saturated rings. The summed E-state index contributed by atoms with van der Waals surface area (Å²) in [5.74, 6) is 1.01. The van der Waals surface area contributed by atoms with Gasteiger partial charge in [-0.3, -0.25) is 0 Å². The predicted molar refractivity (Wildman–Crippen MR) is 90.8 cm³/mol. The molecule has 0 radical (unpaired) electrons. The highest BCUT2D eigenvalue weighted by Crippen LogP contribution is 2.30. The van der Waals surface area contributed by atoms with Gasteiger partial charge in [0, 0.05) is 28.8 Å². The minimum Gasteiger partial charge on any atom is -0.389 e. The average Bonchev–Trinajstić information content (AvgIpc) is 2.39. The summed E-state index contributed by atoms with van der Waals surface area (Å²) >= 11 is 7.02. The number of hydrogen-bond acceptors (Lipinski definition) is 4. The standard InChI is InChI=1S/C15H22N2OS2/c1-3-20-13-6-4-5-12(14(13)15(16)19)17-11-7-8-18-10(2)9-11/h4-6,10-11,17H,3,7-9H2,1-2H3,(H2,16,19). The van der Waals surface area contributed by atoms with E-state index in [-0.39, 0.29) is 0 Å². The van der Waals surface area contributed by atoms with E-state index in [2.05, 4.69) is 37.4 Å². The van der Waals surface area contributed by atoms with Crippen LogP contribution in [0.4, 0.5) is 5.69 Å². The largest absolute Gasteiger partial charge is 0.389 e. The first-order valence-corrected chi connectivity index (χ1v) is 8.45. The molecule has 2 unspecified atom stereocenters. The molecule has 1 heterocycles. The predicted octanol–water partition coefficient (Wildman–Crippen LogP) is 3.41. The Bertz CT molecular complexity index is 479. The lowest BCUT2D eigenvalue weighted by Gasteiger charge is -2.29. The Labute approximate surface area is 130 Å². The number of thiocarbonyl (C=S) groups is 1. The summed E-state index contributed by atoms with van der Waals surface area (Å²) in [6, 6.07) is 6.63. The zero-order valence-corrected chi connectivity index (χ0v) is 13.7. The average molecular weight is 310 g/mol. The first kappa shape index (κ1) is 15.6. The van der Waals surface area contributed by atoms with Gasteiger partial charge in [-0.2, -0.15) is 0 Å². The second-order valence-electron chi connectivity index (χ2n) is 5.02. The number of rotatable bonds is 5. The van der Waals surface area contributed by atoms with Crippen molar-refractivity contribution >= 4 is 34.7 Å². The van der Waals surface area contributed by atoms with Crippen LogP contribution < -0.4 is 11.1 Å². The minimum absolute atomic E-state index is 0.308. The van der Waals surface area contributed by atoms with Gasteiger partial charge in [-0.05, 0) is 37.7 Å². The molecule has 0 saturated carbocycles. The summed E-state index contributed by atoms with van der Waals surface area (Å²) < 4.78 is 5.59. The maximum Gasteiger partial charge on any atom is 0.107 e. The highest BCUT2D eigenvalue weighted by atomic mass is 32.2. The van der Waals surface area contributed by atoms with E-state index < -0.39 is 0 Å². The lowest BCUT2D eigenvalue weighted by molar-refractivity contribution is 0.0232. The number of hydrogen-bond donors (Lipinski definition) is 2. The number of nitrogens with one attached hydrogen (secondary N) is 1. The van der Waals surface area contributed by atoms with Gasteiger partial charge in [-0.25, -0.2) is 0 Å². The first-order chi connectivity index (χ1) is 9.61. The minimum atomic E-state index is 0.308. The number of thioether (sulfide) groups is 1. The molecule has 0 bridgehead atoms. The summed E-state index contributed by atoms with van der Waals surface area (Å²) in [4.78, 5) is 1.62. The van der Waals surface area contributed by atoms with E-state index in [1.807, 2.05) is 0 Å². The third kappa shape index (κ3) is 3.87. The van der Waals surface area contributed by atoms with Crippen LogP contribution in [0.1, 0.15) is 32.3 Å². The Kier molecular flexibility index (Phi) is 5.69. The van der Waals surface area contributed by atoms with E-state index in [9.17, 15) is 0 Å². The van der Waals surface area contributed by atoms with Gasteiger partial charge in [0.15, 0.2) is 0 Å². The second kappa shape index (κ2) is 7.29. The van der Waals surface area contributed by atoms with Crippen LogP contribution in [0, 0.1) is 0 Å². The molecule has 1 aliphatic rings. The van der Waals surface area contributed by atoms with E-state index in [1.54, 1.807) is 11.8 Å². The van der Waals surface area contributed by atoms with Crippen LogP contribution in [0.3, 0.4) is 0 Å². The van der Waals surface area contributed by atoms with Gasteiger partial charge in [-0.15, -0.1) is 11.8 Å². The van der Waals surface area contributed by atoms with Crippen LogP contribution in [0.15, 0.2) is 23.1 Å². The van der Waals surface area contributed by atoms with Crippen molar-refractivity contribution in [1.29, 1.82) is 0 Å². The van der Waals surface area contributed by atoms with Gasteiger partial charge in [0.1, 0.15) is 4.99 Å². The molecular formula is C15H22N2OS2. The quantitative estimate of drug-likeness (QED) is 0.644. The van der Waals surface area contributed by atoms with Crippen molar-refractivity contribution in [3.63, 3.8) is 0 Å². The topological polar surface area (TPSA) is 47.3 Å². The van der Waals surface area contributed by atoms with Crippen molar-refractivity contribution in [2.45, 2.75) is 43.7 Å². The van der Waals surface area contributed by atoms with Crippen molar-refractivity contribution in [3.05, 3.63) is 23.8 Å². The van der Waals surface area contributed by atoms with Crippen LogP contribution in [0.2, 0.25) is 0 Å². The molecule has 1 aromatic rings. The van der Waals surface area contributed by atoms with Crippen LogP contribution >= 0.6 is 24.0 Å². The zero-order chi connectivity index (χ0) is 14.5. The van der Waals surface area contributed by atoms with Crippen LogP contribution in [0.5, 0.6) is 0 Å². The molecule has 20 heavy (non-hydrogen) atoms. The van der Waals surface area contributed by atoms with E-state index in [4.69, 9.17) is 22.7 Å². The molecule has 3 nitrogen and oxygen atoms in total. The van der Waals surface area contributed by atoms with E-state index in [0.29, 0.717) is 17.1 Å². The molecule has 1 aliphatic heterocycles. The monoisotopic (exact) mass is 310 g/mol. The van der Waals surface area contributed by atoms with Gasteiger partial charge in [0.2, 0.25) is 0 Å². The van der Waals surface area contributed by atoms with Gasteiger partial charge >= 0.3 is 0 Å². The Hall–Kier alpha value is -0.780. The summed E-state index contributed by atoms with van der Waals surface area (Å²) in [5, 5.41) is 3.60. The fourth-order valence-electron chi connectivity index (χ4n) is 2.53. The van der Waals surface area contributed by atoms with E-state index in [1.165, 1.54) is 0 Å². The van der Waals surface area contributed by atoms with Crippen LogP contribution in [-0.4, -0.2) is 29.5 Å². The van der Waals surface area contributed by atoms with Gasteiger partial charge in [0.05, 0.1) is 6.10 Å². The smallest absolute Gasteiger partial charge is 0.107 e. The third-order valence-electron chi connectivity index (χ3n) is 3.42. The summed E-state index contributed by atoms with van der Waals surface area (Å²) in [6.07, 6.45) is 2.34. The van der Waals surface area contributed by atoms with Crippen molar-refractivity contribution in [2.24, 2.45) is 5.73 Å². The van der Waals surface area contributed by atoms with Crippen LogP contribution in [-0.2, 0) is 4.74 Å². The van der Waals surface area contributed by atoms with Crippen LogP contribution in [0.25, 0.3) is 0 Å². The molecule has 3 N–H and O–H groups in total. The van der Waals surface area contributed by atoms with E-state index in [0.717, 1.165) is 41.3 Å². The lowest BCUT2D eigenvalue weighted by atomic mass is 10.0. The zero-order valence-electron chi connectivity index (χ0n) is 12.0. The molecule has 110 valence electrons.